The monoisotopic (exact) mass is 841 g/mol. The second-order valence-corrected chi connectivity index (χ2v) is 18.1. The first kappa shape index (κ1) is 39.3. The van der Waals surface area contributed by atoms with E-state index in [1.165, 1.54) is 99.4 Å². The molecule has 0 N–H and O–H groups in total. The predicted molar refractivity (Wildman–Crippen MR) is 281 cm³/mol. The van der Waals surface area contributed by atoms with Crippen LogP contribution in [-0.4, -0.2) is 0 Å². The quantitative estimate of drug-likeness (QED) is 0.138. The summed E-state index contributed by atoms with van der Waals surface area (Å²) in [6.07, 6.45) is 0. The zero-order valence-electron chi connectivity index (χ0n) is 37.1. The topological polar surface area (TPSA) is 3.24 Å². The summed E-state index contributed by atoms with van der Waals surface area (Å²) in [7, 11) is 0. The molecule has 0 aromatic heterocycles. The predicted octanol–water partition coefficient (Wildman–Crippen LogP) is 18.1. The molecule has 312 valence electrons. The molecule has 0 fully saturated rings. The Hall–Kier alpha value is -8.26. The van der Waals surface area contributed by atoms with Gasteiger partial charge in [-0.25, -0.2) is 0 Å². The van der Waals surface area contributed by atoms with E-state index in [9.17, 15) is 0 Å². The van der Waals surface area contributed by atoms with Gasteiger partial charge in [0.1, 0.15) is 0 Å². The SMILES string of the molecule is CC1(C)c2ccccc2-c2ccc(N(c3ccc(-c4cc(-c5ccccc5)cc(-c5ccccc5)c4)cc3)c3c(-c4ccc(-c5ccccc5)cc4)c4ccccc4c4ccccc34)cc21. The number of anilines is 3. The van der Waals surface area contributed by atoms with Crippen molar-refractivity contribution in [2.45, 2.75) is 19.3 Å². The Morgan fingerprint density at radius 2 is 0.667 bits per heavy atom. The normalized spacial score (nSPS) is 12.5. The summed E-state index contributed by atoms with van der Waals surface area (Å²) in [5, 5.41) is 4.90. The van der Waals surface area contributed by atoms with E-state index >= 15 is 0 Å². The van der Waals surface area contributed by atoms with E-state index < -0.39 is 0 Å². The van der Waals surface area contributed by atoms with Gasteiger partial charge in [0.25, 0.3) is 0 Å². The van der Waals surface area contributed by atoms with Crippen LogP contribution in [0.4, 0.5) is 17.1 Å². The molecule has 1 aliphatic rings. The van der Waals surface area contributed by atoms with E-state index in [2.05, 4.69) is 267 Å². The molecule has 1 aliphatic carbocycles. The molecule has 11 aromatic carbocycles. The highest BCUT2D eigenvalue weighted by molar-refractivity contribution is 6.22. The molecule has 0 atom stereocenters. The Kier molecular flexibility index (Phi) is 9.58. The van der Waals surface area contributed by atoms with Gasteiger partial charge < -0.3 is 4.90 Å². The third-order valence-corrected chi connectivity index (χ3v) is 13.8. The minimum atomic E-state index is -0.167. The van der Waals surface area contributed by atoms with Crippen LogP contribution in [0.3, 0.4) is 0 Å². The number of benzene rings is 11. The summed E-state index contributed by atoms with van der Waals surface area (Å²) in [6.45, 7) is 4.75. The van der Waals surface area contributed by atoms with Crippen LogP contribution in [0.25, 0.3) is 88.3 Å². The molecule has 1 nitrogen and oxygen atoms in total. The second-order valence-electron chi connectivity index (χ2n) is 18.1. The zero-order valence-corrected chi connectivity index (χ0v) is 37.1. The van der Waals surface area contributed by atoms with Gasteiger partial charge >= 0.3 is 0 Å². The summed E-state index contributed by atoms with van der Waals surface area (Å²) in [4.78, 5) is 2.54. The average Bonchev–Trinajstić information content (AvgIpc) is 3.62. The number of fused-ring (bicyclic) bond motifs is 6. The van der Waals surface area contributed by atoms with Crippen molar-refractivity contribution in [1.82, 2.24) is 0 Å². The lowest BCUT2D eigenvalue weighted by atomic mass is 9.82. The molecule has 0 amide bonds. The summed E-state index contributed by atoms with van der Waals surface area (Å²) < 4.78 is 0. The molecular weight excluding hydrogens is 795 g/mol. The fourth-order valence-corrected chi connectivity index (χ4v) is 10.5. The highest BCUT2D eigenvalue weighted by Crippen LogP contribution is 2.53. The number of nitrogens with zero attached hydrogens (tertiary/aromatic N) is 1. The van der Waals surface area contributed by atoms with Crippen molar-refractivity contribution in [1.29, 1.82) is 0 Å². The van der Waals surface area contributed by atoms with Crippen LogP contribution in [0.1, 0.15) is 25.0 Å². The molecule has 0 bridgehead atoms. The van der Waals surface area contributed by atoms with E-state index in [0.29, 0.717) is 0 Å². The van der Waals surface area contributed by atoms with Gasteiger partial charge in [-0.05, 0) is 131 Å². The maximum absolute atomic E-state index is 2.54. The van der Waals surface area contributed by atoms with Gasteiger partial charge in [-0.2, -0.15) is 0 Å². The first-order valence-electron chi connectivity index (χ1n) is 23.0. The van der Waals surface area contributed by atoms with Gasteiger partial charge in [-0.3, -0.25) is 0 Å². The van der Waals surface area contributed by atoms with E-state index in [0.717, 1.165) is 17.1 Å². The molecule has 0 radical (unpaired) electrons. The van der Waals surface area contributed by atoms with Crippen LogP contribution in [0.2, 0.25) is 0 Å². The van der Waals surface area contributed by atoms with Crippen molar-refractivity contribution in [3.63, 3.8) is 0 Å². The van der Waals surface area contributed by atoms with Crippen molar-refractivity contribution >= 4 is 38.6 Å². The van der Waals surface area contributed by atoms with Crippen LogP contribution in [-0.2, 0) is 5.41 Å². The highest BCUT2D eigenvalue weighted by Gasteiger charge is 2.36. The van der Waals surface area contributed by atoms with Crippen LogP contribution in [0.5, 0.6) is 0 Å². The lowest BCUT2D eigenvalue weighted by molar-refractivity contribution is 0.660. The van der Waals surface area contributed by atoms with Crippen LogP contribution in [0, 0.1) is 0 Å². The smallest absolute Gasteiger partial charge is 0.0624 e. The number of rotatable bonds is 8. The highest BCUT2D eigenvalue weighted by atomic mass is 15.1. The molecule has 11 aromatic rings. The van der Waals surface area contributed by atoms with Crippen LogP contribution < -0.4 is 4.90 Å². The zero-order chi connectivity index (χ0) is 44.2. The van der Waals surface area contributed by atoms with Gasteiger partial charge in [-0.15, -0.1) is 0 Å². The van der Waals surface area contributed by atoms with Gasteiger partial charge in [0.2, 0.25) is 0 Å². The third kappa shape index (κ3) is 6.71. The molecule has 0 saturated heterocycles. The first-order valence-corrected chi connectivity index (χ1v) is 23.0. The van der Waals surface area contributed by atoms with E-state index in [1.807, 2.05) is 0 Å². The molecule has 12 rings (SSSR count). The summed E-state index contributed by atoms with van der Waals surface area (Å²) in [5.41, 5.74) is 20.5. The van der Waals surface area contributed by atoms with Crippen LogP contribution in [0.15, 0.2) is 249 Å². The van der Waals surface area contributed by atoms with Gasteiger partial charge in [0.15, 0.2) is 0 Å². The van der Waals surface area contributed by atoms with E-state index in [-0.39, 0.29) is 5.41 Å². The minimum absolute atomic E-state index is 0.167. The van der Waals surface area contributed by atoms with Crippen molar-refractivity contribution in [2.24, 2.45) is 0 Å². The molecule has 1 heteroatoms. The van der Waals surface area contributed by atoms with Crippen molar-refractivity contribution in [3.8, 4) is 66.8 Å². The van der Waals surface area contributed by atoms with Crippen molar-refractivity contribution < 1.29 is 0 Å². The lowest BCUT2D eigenvalue weighted by Crippen LogP contribution is -2.17. The summed E-state index contributed by atoms with van der Waals surface area (Å²) in [5.74, 6) is 0. The molecule has 66 heavy (non-hydrogen) atoms. The molecule has 0 heterocycles. The van der Waals surface area contributed by atoms with Gasteiger partial charge in [-0.1, -0.05) is 220 Å². The van der Waals surface area contributed by atoms with E-state index in [4.69, 9.17) is 0 Å². The standard InChI is InChI=1S/C65H47N/c1-65(2)61-29-17-16-26-57(61)58-39-38-54(43-62(58)65)66(53-36-34-48(35-37-53)52-41-50(45-20-8-4-9-21-45)40-51(42-52)46-22-10-5-11-23-46)64-60-28-15-13-25-56(60)55-24-12-14-27-59(55)63(64)49-32-30-47(31-33-49)44-18-6-3-7-19-44/h3-43H,1-2H3. The van der Waals surface area contributed by atoms with Gasteiger partial charge in [0, 0.05) is 27.7 Å². The molecule has 0 saturated carbocycles. The largest absolute Gasteiger partial charge is 0.309 e. The number of hydrogen-bond acceptors (Lipinski definition) is 1. The molecule has 0 aliphatic heterocycles. The first-order chi connectivity index (χ1) is 32.5. The Morgan fingerprint density at radius 1 is 0.273 bits per heavy atom. The Balaban J connectivity index is 1.10. The number of hydrogen-bond donors (Lipinski definition) is 0. The Bertz CT molecular complexity index is 3510. The minimum Gasteiger partial charge on any atom is -0.309 e. The summed E-state index contributed by atoms with van der Waals surface area (Å²) in [6, 6.07) is 91.6. The lowest BCUT2D eigenvalue weighted by Gasteiger charge is -2.32. The Morgan fingerprint density at radius 3 is 1.26 bits per heavy atom. The fraction of sp³-hybridized carbons (Fsp3) is 0.0462. The van der Waals surface area contributed by atoms with Crippen molar-refractivity contribution in [3.05, 3.63) is 260 Å². The molecule has 0 spiro atoms. The maximum atomic E-state index is 2.54. The second kappa shape index (κ2) is 16.1. The van der Waals surface area contributed by atoms with Crippen LogP contribution >= 0.6 is 0 Å². The maximum Gasteiger partial charge on any atom is 0.0624 e. The van der Waals surface area contributed by atoms with E-state index in [1.54, 1.807) is 0 Å². The molecule has 0 unspecified atom stereocenters. The van der Waals surface area contributed by atoms with Crippen molar-refractivity contribution in [2.75, 3.05) is 4.90 Å². The third-order valence-electron chi connectivity index (χ3n) is 13.8. The summed E-state index contributed by atoms with van der Waals surface area (Å²) >= 11 is 0. The fourth-order valence-electron chi connectivity index (χ4n) is 10.5. The van der Waals surface area contributed by atoms with Gasteiger partial charge in [0.05, 0.1) is 5.69 Å². The average molecular weight is 842 g/mol. The molecular formula is C65H47N. The Labute approximate surface area is 387 Å².